The Morgan fingerprint density at radius 1 is 0.639 bits per heavy atom. The van der Waals surface area contributed by atoms with Crippen LogP contribution in [0.2, 0.25) is 0 Å². The molecule has 4 aromatic rings. The van der Waals surface area contributed by atoms with Gasteiger partial charge in [-0.05, 0) is 83.8 Å². The summed E-state index contributed by atoms with van der Waals surface area (Å²) in [4.78, 5) is 2.34. The van der Waals surface area contributed by atoms with Crippen molar-refractivity contribution in [3.05, 3.63) is 120 Å². The minimum absolute atomic E-state index is 0.0208. The first-order chi connectivity index (χ1) is 17.4. The van der Waals surface area contributed by atoms with Crippen molar-refractivity contribution in [2.75, 3.05) is 10.6 Å². The summed E-state index contributed by atoms with van der Waals surface area (Å²) in [5.74, 6) is 0.549. The summed E-state index contributed by atoms with van der Waals surface area (Å²) in [7, 11) is 0. The van der Waals surface area contributed by atoms with E-state index in [0.29, 0.717) is 5.92 Å². The number of hydrogen-bond acceptors (Lipinski definition) is 2. The Morgan fingerprint density at radius 3 is 1.61 bits per heavy atom. The van der Waals surface area contributed by atoms with Crippen LogP contribution in [0.4, 0.5) is 22.7 Å². The normalized spacial score (nSPS) is 20.1. The topological polar surface area (TPSA) is 29.3 Å². The molecule has 184 valence electrons. The number of nitrogen functional groups attached to an aromatic ring is 1. The average Bonchev–Trinajstić information content (AvgIpc) is 2.90. The predicted molar refractivity (Wildman–Crippen MR) is 154 cm³/mol. The van der Waals surface area contributed by atoms with Gasteiger partial charge in [0.05, 0.1) is 0 Å². The quantitative estimate of drug-likeness (QED) is 0.292. The van der Waals surface area contributed by atoms with Gasteiger partial charge in [-0.25, -0.2) is 0 Å². The molecule has 0 saturated heterocycles. The lowest BCUT2D eigenvalue weighted by molar-refractivity contribution is 0.100. The SMILES string of the molecule is CC(C)(C)C1CCCCC1(c1ccc(N)cc1)c1ccc(N(c2ccccc2)c2ccccc2)cc1. The summed E-state index contributed by atoms with van der Waals surface area (Å²) < 4.78 is 0. The number of anilines is 4. The lowest BCUT2D eigenvalue weighted by Crippen LogP contribution is -2.45. The highest BCUT2D eigenvalue weighted by atomic mass is 15.1. The third kappa shape index (κ3) is 4.53. The van der Waals surface area contributed by atoms with E-state index in [1.807, 2.05) is 0 Å². The fourth-order valence-electron chi connectivity index (χ4n) is 6.49. The molecular formula is C34H38N2. The number of nitrogens with two attached hydrogens (primary N) is 1. The standard InChI is InChI=1S/C34H38N2/c1-33(2,3)32-16-10-11-25-34(32,26-17-21-28(35)22-18-26)27-19-23-31(24-20-27)36(29-12-6-4-7-13-29)30-14-8-5-9-15-30/h4-9,12-15,17-24,32H,10-11,16,25,35H2,1-3H3. The van der Waals surface area contributed by atoms with Gasteiger partial charge in [-0.15, -0.1) is 0 Å². The second kappa shape index (κ2) is 9.85. The summed E-state index contributed by atoms with van der Waals surface area (Å²) in [6.45, 7) is 7.24. The maximum Gasteiger partial charge on any atom is 0.0461 e. The van der Waals surface area contributed by atoms with Crippen LogP contribution in [-0.4, -0.2) is 0 Å². The van der Waals surface area contributed by atoms with Crippen LogP contribution in [0.5, 0.6) is 0 Å². The van der Waals surface area contributed by atoms with E-state index >= 15 is 0 Å². The van der Waals surface area contributed by atoms with Crippen molar-refractivity contribution in [2.45, 2.75) is 51.9 Å². The molecule has 4 aromatic carbocycles. The van der Waals surface area contributed by atoms with Crippen LogP contribution in [0.25, 0.3) is 0 Å². The number of nitrogens with zero attached hydrogens (tertiary/aromatic N) is 1. The van der Waals surface area contributed by atoms with Crippen molar-refractivity contribution in [1.82, 2.24) is 0 Å². The van der Waals surface area contributed by atoms with Gasteiger partial charge >= 0.3 is 0 Å². The smallest absolute Gasteiger partial charge is 0.0461 e. The van der Waals surface area contributed by atoms with Gasteiger partial charge in [-0.3, -0.25) is 0 Å². The van der Waals surface area contributed by atoms with Crippen LogP contribution in [0.1, 0.15) is 57.6 Å². The molecule has 0 radical (unpaired) electrons. The van der Waals surface area contributed by atoms with Crippen molar-refractivity contribution >= 4 is 22.7 Å². The van der Waals surface area contributed by atoms with Crippen molar-refractivity contribution < 1.29 is 0 Å². The molecule has 0 bridgehead atoms. The lowest BCUT2D eigenvalue weighted by atomic mass is 9.52. The van der Waals surface area contributed by atoms with Crippen LogP contribution < -0.4 is 10.6 Å². The summed E-state index contributed by atoms with van der Waals surface area (Å²) in [5.41, 5.74) is 13.4. The van der Waals surface area contributed by atoms with Gasteiger partial charge in [0.15, 0.2) is 0 Å². The van der Waals surface area contributed by atoms with Gasteiger partial charge < -0.3 is 10.6 Å². The van der Waals surface area contributed by atoms with E-state index in [1.165, 1.54) is 42.5 Å². The highest BCUT2D eigenvalue weighted by molar-refractivity contribution is 5.76. The molecule has 36 heavy (non-hydrogen) atoms. The Morgan fingerprint density at radius 2 is 1.11 bits per heavy atom. The first kappa shape index (κ1) is 24.2. The zero-order valence-corrected chi connectivity index (χ0v) is 21.8. The monoisotopic (exact) mass is 474 g/mol. The Hall–Kier alpha value is -3.52. The maximum absolute atomic E-state index is 6.12. The van der Waals surface area contributed by atoms with E-state index in [4.69, 9.17) is 5.73 Å². The molecule has 0 aliphatic heterocycles. The fraction of sp³-hybridized carbons (Fsp3) is 0.294. The zero-order chi connectivity index (χ0) is 25.2. The summed E-state index contributed by atoms with van der Waals surface area (Å²) in [5, 5.41) is 0. The third-order valence-corrected chi connectivity index (χ3v) is 8.05. The van der Waals surface area contributed by atoms with Crippen molar-refractivity contribution in [2.24, 2.45) is 11.3 Å². The molecule has 1 aliphatic rings. The molecule has 0 heterocycles. The van der Waals surface area contributed by atoms with E-state index in [1.54, 1.807) is 0 Å². The molecule has 2 heteroatoms. The van der Waals surface area contributed by atoms with Crippen molar-refractivity contribution in [3.8, 4) is 0 Å². The molecular weight excluding hydrogens is 436 g/mol. The van der Waals surface area contributed by atoms with E-state index in [-0.39, 0.29) is 10.8 Å². The molecule has 0 amide bonds. The van der Waals surface area contributed by atoms with Crippen LogP contribution in [0.15, 0.2) is 109 Å². The van der Waals surface area contributed by atoms with Gasteiger partial charge in [-0.2, -0.15) is 0 Å². The number of benzene rings is 4. The second-order valence-electron chi connectivity index (χ2n) is 11.3. The molecule has 1 saturated carbocycles. The molecule has 2 unspecified atom stereocenters. The van der Waals surface area contributed by atoms with Gasteiger partial charge in [0.1, 0.15) is 0 Å². The van der Waals surface area contributed by atoms with E-state index in [0.717, 1.165) is 17.1 Å². The molecule has 2 nitrogen and oxygen atoms in total. The highest BCUT2D eigenvalue weighted by Crippen LogP contribution is 2.55. The summed E-state index contributed by atoms with van der Waals surface area (Å²) in [6, 6.07) is 39.3. The summed E-state index contributed by atoms with van der Waals surface area (Å²) >= 11 is 0. The van der Waals surface area contributed by atoms with Gasteiger partial charge in [0.2, 0.25) is 0 Å². The number of rotatable bonds is 5. The van der Waals surface area contributed by atoms with Crippen LogP contribution in [0, 0.1) is 11.3 Å². The number of hydrogen-bond donors (Lipinski definition) is 1. The Balaban J connectivity index is 1.63. The molecule has 1 fully saturated rings. The van der Waals surface area contributed by atoms with Gasteiger partial charge in [0, 0.05) is 28.2 Å². The molecule has 5 rings (SSSR count). The molecule has 2 N–H and O–H groups in total. The van der Waals surface area contributed by atoms with Crippen LogP contribution in [-0.2, 0) is 5.41 Å². The number of para-hydroxylation sites is 2. The van der Waals surface area contributed by atoms with Crippen LogP contribution >= 0.6 is 0 Å². The molecule has 2 atom stereocenters. The lowest BCUT2D eigenvalue weighted by Gasteiger charge is -2.51. The van der Waals surface area contributed by atoms with Gasteiger partial charge in [0.25, 0.3) is 0 Å². The predicted octanol–water partition coefficient (Wildman–Crippen LogP) is 9.26. The maximum atomic E-state index is 6.12. The summed E-state index contributed by atoms with van der Waals surface area (Å²) in [6.07, 6.45) is 4.96. The Bertz CT molecular complexity index is 1220. The van der Waals surface area contributed by atoms with E-state index < -0.39 is 0 Å². The molecule has 0 spiro atoms. The first-order valence-corrected chi connectivity index (χ1v) is 13.3. The van der Waals surface area contributed by atoms with Crippen LogP contribution in [0.3, 0.4) is 0 Å². The Labute approximate surface area is 216 Å². The average molecular weight is 475 g/mol. The molecule has 1 aliphatic carbocycles. The molecule has 0 aromatic heterocycles. The van der Waals surface area contributed by atoms with E-state index in [9.17, 15) is 0 Å². The highest BCUT2D eigenvalue weighted by Gasteiger charge is 2.48. The zero-order valence-electron chi connectivity index (χ0n) is 21.8. The van der Waals surface area contributed by atoms with E-state index in [2.05, 4.69) is 135 Å². The Kier molecular flexibility index (Phi) is 6.62. The van der Waals surface area contributed by atoms with Crippen molar-refractivity contribution in [1.29, 1.82) is 0 Å². The van der Waals surface area contributed by atoms with Gasteiger partial charge in [-0.1, -0.05) is 94.3 Å². The largest absolute Gasteiger partial charge is 0.399 e. The third-order valence-electron chi connectivity index (χ3n) is 8.05. The fourth-order valence-corrected chi connectivity index (χ4v) is 6.49. The minimum atomic E-state index is -0.0208. The van der Waals surface area contributed by atoms with Crippen molar-refractivity contribution in [3.63, 3.8) is 0 Å². The second-order valence-corrected chi connectivity index (χ2v) is 11.3. The first-order valence-electron chi connectivity index (χ1n) is 13.3. The minimum Gasteiger partial charge on any atom is -0.399 e.